The first-order chi connectivity index (χ1) is 9.07. The van der Waals surface area contributed by atoms with Crippen LogP contribution in [0.1, 0.15) is 30.2 Å². The van der Waals surface area contributed by atoms with E-state index in [2.05, 4.69) is 6.07 Å². The zero-order valence-corrected chi connectivity index (χ0v) is 12.3. The van der Waals surface area contributed by atoms with Crippen LogP contribution < -0.4 is 0 Å². The third-order valence-corrected chi connectivity index (χ3v) is 6.73. The van der Waals surface area contributed by atoms with Crippen molar-refractivity contribution in [2.24, 2.45) is 5.92 Å². The highest BCUT2D eigenvalue weighted by atomic mass is 32.2. The van der Waals surface area contributed by atoms with Crippen molar-refractivity contribution in [2.45, 2.75) is 25.3 Å². The minimum Gasteiger partial charge on any atom is -0.335 e. The number of carbonyl (C=O) groups excluding carboxylic acids is 1. The lowest BCUT2D eigenvalue weighted by Crippen LogP contribution is -2.36. The molecule has 2 aliphatic heterocycles. The molecule has 0 aromatic carbocycles. The number of rotatable bonds is 2. The molecule has 3 heterocycles. The monoisotopic (exact) mass is 299 g/mol. The zero-order chi connectivity index (χ0) is 13.5. The Morgan fingerprint density at radius 3 is 2.84 bits per heavy atom. The van der Waals surface area contributed by atoms with Crippen LogP contribution >= 0.6 is 11.3 Å². The fourth-order valence-corrected chi connectivity index (χ4v) is 5.64. The molecule has 19 heavy (non-hydrogen) atoms. The molecule has 0 saturated carbocycles. The third-order valence-electron chi connectivity index (χ3n) is 3.99. The molecule has 1 amide bonds. The van der Waals surface area contributed by atoms with E-state index < -0.39 is 9.84 Å². The molecule has 0 N–H and O–H groups in total. The molecule has 0 aliphatic carbocycles. The third kappa shape index (κ3) is 2.56. The van der Waals surface area contributed by atoms with Gasteiger partial charge in [-0.15, -0.1) is 11.3 Å². The van der Waals surface area contributed by atoms with E-state index in [0.717, 1.165) is 19.4 Å². The Labute approximate surface area is 117 Å². The largest absolute Gasteiger partial charge is 0.335 e. The van der Waals surface area contributed by atoms with Crippen molar-refractivity contribution < 1.29 is 13.2 Å². The van der Waals surface area contributed by atoms with Gasteiger partial charge in [-0.3, -0.25) is 4.79 Å². The van der Waals surface area contributed by atoms with Crippen LogP contribution in [0.4, 0.5) is 0 Å². The Kier molecular flexibility index (Phi) is 3.39. The smallest absolute Gasteiger partial charge is 0.227 e. The summed E-state index contributed by atoms with van der Waals surface area (Å²) in [6.45, 7) is 0.762. The van der Waals surface area contributed by atoms with Crippen molar-refractivity contribution in [1.29, 1.82) is 0 Å². The molecule has 2 atom stereocenters. The second-order valence-electron chi connectivity index (χ2n) is 5.31. The number of likely N-dealkylation sites (tertiary alicyclic amines) is 1. The van der Waals surface area contributed by atoms with Crippen molar-refractivity contribution in [3.8, 4) is 0 Å². The Morgan fingerprint density at radius 1 is 1.37 bits per heavy atom. The van der Waals surface area contributed by atoms with E-state index in [1.54, 1.807) is 11.3 Å². The molecule has 104 valence electrons. The van der Waals surface area contributed by atoms with Gasteiger partial charge in [0.2, 0.25) is 5.91 Å². The van der Waals surface area contributed by atoms with Gasteiger partial charge in [0.1, 0.15) is 0 Å². The summed E-state index contributed by atoms with van der Waals surface area (Å²) >= 11 is 1.67. The first-order valence-electron chi connectivity index (χ1n) is 6.61. The van der Waals surface area contributed by atoms with Crippen LogP contribution in [0, 0.1) is 5.92 Å². The first kappa shape index (κ1) is 13.1. The van der Waals surface area contributed by atoms with E-state index >= 15 is 0 Å². The molecule has 3 rings (SSSR count). The average Bonchev–Trinajstić information content (AvgIpc) is 3.06. The maximum Gasteiger partial charge on any atom is 0.227 e. The van der Waals surface area contributed by atoms with E-state index in [1.807, 2.05) is 16.3 Å². The van der Waals surface area contributed by atoms with Crippen LogP contribution in [-0.2, 0) is 14.6 Å². The zero-order valence-electron chi connectivity index (χ0n) is 10.6. The Balaban J connectivity index is 1.76. The normalized spacial score (nSPS) is 29.8. The first-order valence-corrected chi connectivity index (χ1v) is 9.31. The molecular weight excluding hydrogens is 282 g/mol. The second kappa shape index (κ2) is 4.90. The molecule has 0 radical (unpaired) electrons. The number of nitrogens with zero attached hydrogens (tertiary/aromatic N) is 1. The Bertz CT molecular complexity index is 565. The number of thiophene rings is 1. The van der Waals surface area contributed by atoms with Crippen molar-refractivity contribution in [3.05, 3.63) is 22.4 Å². The van der Waals surface area contributed by atoms with Gasteiger partial charge in [-0.25, -0.2) is 8.42 Å². The second-order valence-corrected chi connectivity index (χ2v) is 8.51. The van der Waals surface area contributed by atoms with Gasteiger partial charge in [0.15, 0.2) is 9.84 Å². The van der Waals surface area contributed by atoms with E-state index in [1.165, 1.54) is 4.88 Å². The molecule has 6 heteroatoms. The summed E-state index contributed by atoms with van der Waals surface area (Å²) in [6, 6.07) is 4.23. The predicted octanol–water partition coefficient (Wildman–Crippen LogP) is 1.85. The lowest BCUT2D eigenvalue weighted by Gasteiger charge is -2.26. The molecule has 0 unspecified atom stereocenters. The van der Waals surface area contributed by atoms with E-state index in [9.17, 15) is 13.2 Å². The number of amides is 1. The van der Waals surface area contributed by atoms with Crippen molar-refractivity contribution in [1.82, 2.24) is 4.90 Å². The maximum atomic E-state index is 12.5. The lowest BCUT2D eigenvalue weighted by molar-refractivity contribution is -0.135. The van der Waals surface area contributed by atoms with Crippen LogP contribution in [-0.4, -0.2) is 37.3 Å². The van der Waals surface area contributed by atoms with E-state index in [4.69, 9.17) is 0 Å². The summed E-state index contributed by atoms with van der Waals surface area (Å²) in [5.41, 5.74) is 0. The van der Waals surface area contributed by atoms with Crippen LogP contribution in [0.5, 0.6) is 0 Å². The molecule has 2 fully saturated rings. The fourth-order valence-electron chi connectivity index (χ4n) is 3.03. The van der Waals surface area contributed by atoms with Crippen molar-refractivity contribution in [2.75, 3.05) is 18.1 Å². The SMILES string of the molecule is O=C([C@H]1CCS(=O)(=O)C1)N1CCC[C@@H]1c1cccs1. The van der Waals surface area contributed by atoms with Crippen LogP contribution in [0.15, 0.2) is 17.5 Å². The number of hydrogen-bond acceptors (Lipinski definition) is 4. The molecule has 1 aromatic heterocycles. The number of carbonyl (C=O) groups is 1. The lowest BCUT2D eigenvalue weighted by atomic mass is 10.1. The summed E-state index contributed by atoms with van der Waals surface area (Å²) in [5, 5.41) is 2.02. The van der Waals surface area contributed by atoms with E-state index in [0.29, 0.717) is 6.42 Å². The van der Waals surface area contributed by atoms with Gasteiger partial charge in [0, 0.05) is 11.4 Å². The Morgan fingerprint density at radius 2 is 2.21 bits per heavy atom. The van der Waals surface area contributed by atoms with Crippen molar-refractivity contribution >= 4 is 27.1 Å². The van der Waals surface area contributed by atoms with Gasteiger partial charge in [-0.1, -0.05) is 6.07 Å². The van der Waals surface area contributed by atoms with Crippen LogP contribution in [0.25, 0.3) is 0 Å². The summed E-state index contributed by atoms with van der Waals surface area (Å²) in [6.07, 6.45) is 2.49. The molecule has 0 spiro atoms. The molecule has 4 nitrogen and oxygen atoms in total. The average molecular weight is 299 g/mol. The standard InChI is InChI=1S/C13H17NO3S2/c15-13(10-5-8-19(16,17)9-10)14-6-1-3-11(14)12-4-2-7-18-12/h2,4,7,10-11H,1,3,5-6,8-9H2/t10-,11+/m0/s1. The molecule has 1 aromatic rings. The van der Waals surface area contributed by atoms with Gasteiger partial charge in [-0.05, 0) is 30.7 Å². The van der Waals surface area contributed by atoms with Crippen LogP contribution in [0.3, 0.4) is 0 Å². The van der Waals surface area contributed by atoms with Gasteiger partial charge < -0.3 is 4.90 Å². The quantitative estimate of drug-likeness (QED) is 0.837. The Hall–Kier alpha value is -0.880. The number of hydrogen-bond donors (Lipinski definition) is 0. The maximum absolute atomic E-state index is 12.5. The van der Waals surface area contributed by atoms with Gasteiger partial charge in [0.25, 0.3) is 0 Å². The topological polar surface area (TPSA) is 54.5 Å². The molecule has 2 aliphatic rings. The number of sulfone groups is 1. The minimum atomic E-state index is -2.99. The molecule has 2 saturated heterocycles. The van der Waals surface area contributed by atoms with Gasteiger partial charge in [0.05, 0.1) is 23.5 Å². The summed E-state index contributed by atoms with van der Waals surface area (Å²) in [4.78, 5) is 15.6. The van der Waals surface area contributed by atoms with Gasteiger partial charge in [-0.2, -0.15) is 0 Å². The highest BCUT2D eigenvalue weighted by molar-refractivity contribution is 7.91. The van der Waals surface area contributed by atoms with Crippen molar-refractivity contribution in [3.63, 3.8) is 0 Å². The summed E-state index contributed by atoms with van der Waals surface area (Å²) < 4.78 is 23.0. The minimum absolute atomic E-state index is 0.0389. The summed E-state index contributed by atoms with van der Waals surface area (Å²) in [7, 11) is -2.99. The highest BCUT2D eigenvalue weighted by Gasteiger charge is 2.39. The molecule has 0 bridgehead atoms. The fraction of sp³-hybridized carbons (Fsp3) is 0.615. The highest BCUT2D eigenvalue weighted by Crippen LogP contribution is 2.36. The van der Waals surface area contributed by atoms with Crippen LogP contribution in [0.2, 0.25) is 0 Å². The summed E-state index contributed by atoms with van der Waals surface area (Å²) in [5.74, 6) is -0.0667. The predicted molar refractivity (Wildman–Crippen MR) is 74.8 cm³/mol. The van der Waals surface area contributed by atoms with Gasteiger partial charge >= 0.3 is 0 Å². The molecular formula is C13H17NO3S2. The van der Waals surface area contributed by atoms with E-state index in [-0.39, 0.29) is 29.4 Å².